The summed E-state index contributed by atoms with van der Waals surface area (Å²) in [6.07, 6.45) is -22.3. The van der Waals surface area contributed by atoms with E-state index in [0.717, 1.165) is 97.1 Å². The van der Waals surface area contributed by atoms with Gasteiger partial charge in [-0.1, -0.05) is 0 Å². The molecule has 4 rings (SSSR count). The van der Waals surface area contributed by atoms with Gasteiger partial charge in [-0.05, 0) is 97.1 Å². The fourth-order valence-electron chi connectivity index (χ4n) is 5.09. The second-order valence-electron chi connectivity index (χ2n) is 12.0. The van der Waals surface area contributed by atoms with Crippen LogP contribution in [0.4, 0.5) is 75.4 Å². The minimum Gasteiger partial charge on any atom is -0.406 e. The molecular weight excluding hydrogens is 844 g/mol. The quantitative estimate of drug-likeness (QED) is 0.0864. The number of nitrogens with one attached hydrogen (secondary N) is 4. The predicted octanol–water partition coefficient (Wildman–Crippen LogP) is 9.15. The molecule has 4 aromatic carbocycles. The molecule has 0 aliphatic heterocycles. The van der Waals surface area contributed by atoms with Gasteiger partial charge in [0.1, 0.15) is 23.0 Å². The summed E-state index contributed by atoms with van der Waals surface area (Å²) in [7, 11) is 0. The number of rotatable bonds is 15. The van der Waals surface area contributed by atoms with Crippen LogP contribution in [-0.4, -0.2) is 49.1 Å². The number of anilines is 4. The summed E-state index contributed by atoms with van der Waals surface area (Å²) in [6.45, 7) is 0. The van der Waals surface area contributed by atoms with Crippen LogP contribution in [0.2, 0.25) is 0 Å². The van der Waals surface area contributed by atoms with E-state index in [9.17, 15) is 71.9 Å². The third kappa shape index (κ3) is 16.2. The van der Waals surface area contributed by atoms with E-state index >= 15 is 0 Å². The molecule has 12 nitrogen and oxygen atoms in total. The standard InChI is InChI=1S/C36H26F12N4O8/c37-33(38,39)57-23-9-1-19(2-10-23)49-29(53)17-27(31(55)51-21-5-13-25(14-6-21)59-35(43,44)45)28(32(56)52-22-7-15-26(16-8-22)60-36(46,47)48)18-30(54)50-20-3-11-24(12-4-20)58-34(40,41)42/h1-16,27-28H,17-18H2,(H,49,53)(H,50,54)(H,51,55)(H,52,56). The molecule has 0 spiro atoms. The molecule has 4 aromatic rings. The molecule has 0 heterocycles. The highest BCUT2D eigenvalue weighted by Crippen LogP contribution is 2.31. The molecule has 4 amide bonds. The van der Waals surface area contributed by atoms with E-state index < -0.39 is 96.8 Å². The van der Waals surface area contributed by atoms with E-state index in [1.165, 1.54) is 0 Å². The first-order valence-electron chi connectivity index (χ1n) is 16.4. The Morgan fingerprint density at radius 1 is 0.367 bits per heavy atom. The van der Waals surface area contributed by atoms with Gasteiger partial charge in [0.15, 0.2) is 0 Å². The van der Waals surface area contributed by atoms with E-state index in [-0.39, 0.29) is 22.7 Å². The molecule has 60 heavy (non-hydrogen) atoms. The van der Waals surface area contributed by atoms with Crippen LogP contribution in [0.15, 0.2) is 97.1 Å². The Kier molecular flexibility index (Phi) is 14.4. The van der Waals surface area contributed by atoms with Crippen molar-refractivity contribution in [1.82, 2.24) is 0 Å². The monoisotopic (exact) mass is 870 g/mol. The van der Waals surface area contributed by atoms with Crippen LogP contribution in [0.25, 0.3) is 0 Å². The molecule has 24 heteroatoms. The number of hydrogen-bond acceptors (Lipinski definition) is 8. The van der Waals surface area contributed by atoms with E-state index in [1.54, 1.807) is 0 Å². The lowest BCUT2D eigenvalue weighted by Crippen LogP contribution is -2.40. The Hall–Kier alpha value is -6.88. The van der Waals surface area contributed by atoms with Gasteiger partial charge in [-0.25, -0.2) is 0 Å². The van der Waals surface area contributed by atoms with Crippen molar-refractivity contribution in [3.63, 3.8) is 0 Å². The van der Waals surface area contributed by atoms with Crippen molar-refractivity contribution in [2.45, 2.75) is 38.3 Å². The second-order valence-corrected chi connectivity index (χ2v) is 12.0. The largest absolute Gasteiger partial charge is 0.573 e. The molecule has 2 atom stereocenters. The number of alkyl halides is 12. The Balaban J connectivity index is 1.66. The lowest BCUT2D eigenvalue weighted by atomic mass is 9.84. The van der Waals surface area contributed by atoms with Crippen molar-refractivity contribution in [3.05, 3.63) is 97.1 Å². The average Bonchev–Trinajstić information content (AvgIpc) is 3.10. The second kappa shape index (κ2) is 18.8. The van der Waals surface area contributed by atoms with Crippen molar-refractivity contribution >= 4 is 46.4 Å². The van der Waals surface area contributed by atoms with Gasteiger partial charge < -0.3 is 40.2 Å². The molecule has 322 valence electrons. The van der Waals surface area contributed by atoms with Crippen LogP contribution in [-0.2, 0) is 19.2 Å². The Labute approximate surface area is 328 Å². The number of carbonyl (C=O) groups is 4. The molecular formula is C36H26F12N4O8. The summed E-state index contributed by atoms with van der Waals surface area (Å²) in [4.78, 5) is 54.5. The van der Waals surface area contributed by atoms with Gasteiger partial charge in [-0.3, -0.25) is 19.2 Å². The lowest BCUT2D eigenvalue weighted by Gasteiger charge is -2.25. The maximum absolute atomic E-state index is 13.9. The molecule has 0 aromatic heterocycles. The highest BCUT2D eigenvalue weighted by molar-refractivity contribution is 6.05. The lowest BCUT2D eigenvalue weighted by molar-refractivity contribution is -0.275. The summed E-state index contributed by atoms with van der Waals surface area (Å²) in [5.41, 5.74) is -0.728. The molecule has 0 fully saturated rings. The molecule has 4 N–H and O–H groups in total. The highest BCUT2D eigenvalue weighted by atomic mass is 19.4. The van der Waals surface area contributed by atoms with Crippen LogP contribution in [0.5, 0.6) is 23.0 Å². The van der Waals surface area contributed by atoms with Crippen LogP contribution in [0.1, 0.15) is 12.8 Å². The number of benzene rings is 4. The Morgan fingerprint density at radius 3 is 0.767 bits per heavy atom. The summed E-state index contributed by atoms with van der Waals surface area (Å²) in [6, 6.07) is 14.2. The first-order chi connectivity index (χ1) is 27.8. The SMILES string of the molecule is O=C(CC(C(=O)Nc1ccc(OC(F)(F)F)cc1)C(CC(=O)Nc1ccc(OC(F)(F)F)cc1)C(=O)Nc1ccc(OC(F)(F)F)cc1)Nc1ccc(OC(F)(F)F)cc1. The number of hydrogen-bond donors (Lipinski definition) is 4. The number of halogens is 12. The summed E-state index contributed by atoms with van der Waals surface area (Å²) in [5, 5.41) is 9.14. The van der Waals surface area contributed by atoms with Gasteiger partial charge in [0, 0.05) is 35.6 Å². The smallest absolute Gasteiger partial charge is 0.406 e. The zero-order chi connectivity index (χ0) is 44.5. The van der Waals surface area contributed by atoms with Crippen LogP contribution in [0, 0.1) is 11.8 Å². The van der Waals surface area contributed by atoms with E-state index in [4.69, 9.17) is 0 Å². The molecule has 0 radical (unpaired) electrons. The minimum atomic E-state index is -5.08. The van der Waals surface area contributed by atoms with Gasteiger partial charge in [-0.15, -0.1) is 52.7 Å². The predicted molar refractivity (Wildman–Crippen MR) is 183 cm³/mol. The summed E-state index contributed by atoms with van der Waals surface area (Å²) < 4.78 is 167. The molecule has 0 aliphatic rings. The van der Waals surface area contributed by atoms with E-state index in [0.29, 0.717) is 0 Å². The van der Waals surface area contributed by atoms with Gasteiger partial charge >= 0.3 is 25.4 Å². The third-order valence-corrected chi connectivity index (χ3v) is 7.42. The molecule has 2 unspecified atom stereocenters. The molecule has 0 aliphatic carbocycles. The zero-order valence-corrected chi connectivity index (χ0v) is 29.6. The first-order valence-corrected chi connectivity index (χ1v) is 16.4. The normalized spacial score (nSPS) is 12.9. The van der Waals surface area contributed by atoms with Crippen LogP contribution < -0.4 is 40.2 Å². The van der Waals surface area contributed by atoms with Crippen molar-refractivity contribution in [3.8, 4) is 23.0 Å². The first kappa shape index (κ1) is 45.8. The molecule has 0 saturated heterocycles. The maximum atomic E-state index is 13.9. The van der Waals surface area contributed by atoms with Crippen molar-refractivity contribution < 1.29 is 90.8 Å². The van der Waals surface area contributed by atoms with Gasteiger partial charge in [0.05, 0.1) is 11.8 Å². The third-order valence-electron chi connectivity index (χ3n) is 7.42. The van der Waals surface area contributed by atoms with Gasteiger partial charge in [-0.2, -0.15) is 0 Å². The Morgan fingerprint density at radius 2 is 0.567 bits per heavy atom. The fourth-order valence-corrected chi connectivity index (χ4v) is 5.09. The fraction of sp³-hybridized carbons (Fsp3) is 0.222. The van der Waals surface area contributed by atoms with Crippen molar-refractivity contribution in [2.24, 2.45) is 11.8 Å². The minimum absolute atomic E-state index is 0.146. The van der Waals surface area contributed by atoms with Crippen LogP contribution >= 0.6 is 0 Å². The molecule has 0 bridgehead atoms. The van der Waals surface area contributed by atoms with Crippen molar-refractivity contribution in [1.29, 1.82) is 0 Å². The zero-order valence-electron chi connectivity index (χ0n) is 29.6. The maximum Gasteiger partial charge on any atom is 0.573 e. The number of ether oxygens (including phenoxy) is 4. The average molecular weight is 871 g/mol. The molecule has 0 saturated carbocycles. The Bertz CT molecular complexity index is 1940. The van der Waals surface area contributed by atoms with E-state index in [2.05, 4.69) is 40.2 Å². The number of amides is 4. The van der Waals surface area contributed by atoms with E-state index in [1.807, 2.05) is 0 Å². The number of carbonyl (C=O) groups excluding carboxylic acids is 4. The summed E-state index contributed by atoms with van der Waals surface area (Å²) in [5.74, 6) is -11.2. The van der Waals surface area contributed by atoms with Crippen molar-refractivity contribution in [2.75, 3.05) is 21.3 Å². The summed E-state index contributed by atoms with van der Waals surface area (Å²) >= 11 is 0. The highest BCUT2D eigenvalue weighted by Gasteiger charge is 2.38. The van der Waals surface area contributed by atoms with Crippen LogP contribution in [0.3, 0.4) is 0 Å². The van der Waals surface area contributed by atoms with Gasteiger partial charge in [0.25, 0.3) is 0 Å². The van der Waals surface area contributed by atoms with Gasteiger partial charge in [0.2, 0.25) is 23.6 Å². The topological polar surface area (TPSA) is 153 Å².